The number of nitrogens with zero attached hydrogens (tertiary/aromatic N) is 1. The number of amides is 1. The number of aryl methyl sites for hydroxylation is 2. The molecule has 1 atom stereocenters. The molecule has 0 spiro atoms. The number of hydrogen-bond donors (Lipinski definition) is 1. The standard InChI is InChI=1S/C22H28N2O4S/c1-14-7-9-17(15(2)11-14)23-21(25)20-13-24(29(6,26)27)18-12-16(22(3,4)5)8-10-19(18)28-20/h7-12,20H,13H2,1-6H3,(H,23,25)/t20-/m1/s1. The van der Waals surface area contributed by atoms with E-state index in [-0.39, 0.29) is 17.9 Å². The molecule has 1 heterocycles. The Bertz CT molecular complexity index is 1050. The SMILES string of the molecule is Cc1ccc(NC(=O)[C@H]2CN(S(C)(=O)=O)c3cc(C(C)(C)C)ccc3O2)c(C)c1. The number of fused-ring (bicyclic) bond motifs is 1. The molecule has 0 saturated heterocycles. The first kappa shape index (κ1) is 21.2. The molecule has 2 aromatic carbocycles. The minimum atomic E-state index is -3.58. The summed E-state index contributed by atoms with van der Waals surface area (Å²) in [5.74, 6) is 0.00611. The second-order valence-corrected chi connectivity index (χ2v) is 10.5. The molecule has 0 unspecified atom stereocenters. The molecule has 0 bridgehead atoms. The van der Waals surface area contributed by atoms with E-state index in [1.54, 1.807) is 6.07 Å². The normalized spacial score (nSPS) is 16.8. The molecule has 1 aliphatic rings. The van der Waals surface area contributed by atoms with Gasteiger partial charge in [-0.2, -0.15) is 0 Å². The zero-order chi connectivity index (χ0) is 21.6. The molecule has 0 radical (unpaired) electrons. The van der Waals surface area contributed by atoms with Gasteiger partial charge in [0.05, 0.1) is 18.5 Å². The first-order chi connectivity index (χ1) is 13.4. The van der Waals surface area contributed by atoms with Crippen molar-refractivity contribution >= 4 is 27.3 Å². The van der Waals surface area contributed by atoms with Crippen LogP contribution in [0.2, 0.25) is 0 Å². The summed E-state index contributed by atoms with van der Waals surface area (Å²) in [6.07, 6.45) is 0.198. The van der Waals surface area contributed by atoms with Crippen molar-refractivity contribution in [2.75, 3.05) is 22.4 Å². The van der Waals surface area contributed by atoms with Gasteiger partial charge in [0, 0.05) is 5.69 Å². The Balaban J connectivity index is 1.93. The van der Waals surface area contributed by atoms with E-state index < -0.39 is 16.1 Å². The van der Waals surface area contributed by atoms with Gasteiger partial charge in [-0.15, -0.1) is 0 Å². The highest BCUT2D eigenvalue weighted by Crippen LogP contribution is 2.38. The number of sulfonamides is 1. The lowest BCUT2D eigenvalue weighted by Crippen LogP contribution is -2.48. The molecule has 156 valence electrons. The van der Waals surface area contributed by atoms with Crippen molar-refractivity contribution in [3.05, 3.63) is 53.1 Å². The summed E-state index contributed by atoms with van der Waals surface area (Å²) >= 11 is 0. The van der Waals surface area contributed by atoms with E-state index in [0.29, 0.717) is 17.1 Å². The van der Waals surface area contributed by atoms with Crippen LogP contribution in [0.1, 0.15) is 37.5 Å². The van der Waals surface area contributed by atoms with E-state index in [9.17, 15) is 13.2 Å². The molecule has 0 saturated carbocycles. The van der Waals surface area contributed by atoms with Crippen LogP contribution in [0.4, 0.5) is 11.4 Å². The maximum atomic E-state index is 12.9. The molecule has 0 aromatic heterocycles. The van der Waals surface area contributed by atoms with E-state index in [1.807, 2.05) is 44.2 Å². The van der Waals surface area contributed by atoms with Gasteiger partial charge < -0.3 is 10.1 Å². The molecule has 0 fully saturated rings. The number of anilines is 2. The van der Waals surface area contributed by atoms with Crippen molar-refractivity contribution < 1.29 is 17.9 Å². The van der Waals surface area contributed by atoms with Crippen LogP contribution in [-0.4, -0.2) is 33.2 Å². The minimum absolute atomic E-state index is 0.0732. The number of nitrogens with one attached hydrogen (secondary N) is 1. The van der Waals surface area contributed by atoms with Crippen LogP contribution >= 0.6 is 0 Å². The van der Waals surface area contributed by atoms with Gasteiger partial charge in [-0.25, -0.2) is 8.42 Å². The van der Waals surface area contributed by atoms with Crippen LogP contribution in [-0.2, 0) is 20.2 Å². The highest BCUT2D eigenvalue weighted by atomic mass is 32.2. The number of carbonyl (C=O) groups excluding carboxylic acids is 1. The lowest BCUT2D eigenvalue weighted by Gasteiger charge is -2.35. The summed E-state index contributed by atoms with van der Waals surface area (Å²) in [7, 11) is -3.58. The fourth-order valence-corrected chi connectivity index (χ4v) is 4.24. The summed E-state index contributed by atoms with van der Waals surface area (Å²) in [5, 5.41) is 2.86. The van der Waals surface area contributed by atoms with Gasteiger partial charge in [0.1, 0.15) is 5.75 Å². The molecule has 3 rings (SSSR count). The molecule has 29 heavy (non-hydrogen) atoms. The van der Waals surface area contributed by atoms with Gasteiger partial charge in [-0.1, -0.05) is 44.5 Å². The van der Waals surface area contributed by atoms with Gasteiger partial charge in [0.15, 0.2) is 6.10 Å². The Labute approximate surface area is 172 Å². The third-order valence-electron chi connectivity index (χ3n) is 5.03. The van der Waals surface area contributed by atoms with Crippen molar-refractivity contribution in [3.63, 3.8) is 0 Å². The zero-order valence-corrected chi connectivity index (χ0v) is 18.6. The smallest absolute Gasteiger partial charge is 0.267 e. The highest BCUT2D eigenvalue weighted by Gasteiger charge is 2.36. The molecule has 6 nitrogen and oxygen atoms in total. The molecule has 1 N–H and O–H groups in total. The van der Waals surface area contributed by atoms with Gasteiger partial charge in [-0.3, -0.25) is 9.10 Å². The number of benzene rings is 2. The Morgan fingerprint density at radius 1 is 1.14 bits per heavy atom. The summed E-state index contributed by atoms with van der Waals surface area (Å²) < 4.78 is 32.1. The number of ether oxygens (including phenoxy) is 1. The Hall–Kier alpha value is -2.54. The minimum Gasteiger partial charge on any atom is -0.476 e. The molecule has 1 amide bonds. The quantitative estimate of drug-likeness (QED) is 0.826. The molecular formula is C22H28N2O4S. The first-order valence-corrected chi connectivity index (χ1v) is 11.4. The van der Waals surface area contributed by atoms with Gasteiger partial charge in [-0.05, 0) is 48.6 Å². The third-order valence-corrected chi connectivity index (χ3v) is 6.17. The van der Waals surface area contributed by atoms with Crippen molar-refractivity contribution in [2.45, 2.75) is 46.1 Å². The van der Waals surface area contributed by atoms with E-state index in [2.05, 4.69) is 26.1 Å². The van der Waals surface area contributed by atoms with Gasteiger partial charge >= 0.3 is 0 Å². The van der Waals surface area contributed by atoms with E-state index in [0.717, 1.165) is 22.9 Å². The van der Waals surface area contributed by atoms with Crippen LogP contribution in [0.15, 0.2) is 36.4 Å². The first-order valence-electron chi connectivity index (χ1n) is 9.53. The van der Waals surface area contributed by atoms with Crippen molar-refractivity contribution in [2.24, 2.45) is 0 Å². The second kappa shape index (κ2) is 7.37. The Morgan fingerprint density at radius 3 is 2.41 bits per heavy atom. The van der Waals surface area contributed by atoms with Gasteiger partial charge in [0.2, 0.25) is 10.0 Å². The van der Waals surface area contributed by atoms with Crippen molar-refractivity contribution in [1.82, 2.24) is 0 Å². The summed E-state index contributed by atoms with van der Waals surface area (Å²) in [6.45, 7) is 10.00. The van der Waals surface area contributed by atoms with E-state index in [1.165, 1.54) is 4.31 Å². The monoisotopic (exact) mass is 416 g/mol. The summed E-state index contributed by atoms with van der Waals surface area (Å²) in [4.78, 5) is 12.9. The average molecular weight is 417 g/mol. The highest BCUT2D eigenvalue weighted by molar-refractivity contribution is 7.92. The predicted octanol–water partition coefficient (Wildman–Crippen LogP) is 3.77. The average Bonchev–Trinajstić information content (AvgIpc) is 2.61. The number of hydrogen-bond acceptors (Lipinski definition) is 4. The van der Waals surface area contributed by atoms with E-state index >= 15 is 0 Å². The maximum absolute atomic E-state index is 12.9. The van der Waals surface area contributed by atoms with Crippen LogP contribution in [0.5, 0.6) is 5.75 Å². The largest absolute Gasteiger partial charge is 0.476 e. The summed E-state index contributed by atoms with van der Waals surface area (Å²) in [6, 6.07) is 11.2. The Morgan fingerprint density at radius 2 is 1.83 bits per heavy atom. The summed E-state index contributed by atoms with van der Waals surface area (Å²) in [5.41, 5.74) is 4.03. The topological polar surface area (TPSA) is 75.7 Å². The molecule has 2 aromatic rings. The second-order valence-electron chi connectivity index (χ2n) is 8.64. The fraction of sp³-hybridized carbons (Fsp3) is 0.409. The van der Waals surface area contributed by atoms with Crippen LogP contribution < -0.4 is 14.4 Å². The van der Waals surface area contributed by atoms with E-state index in [4.69, 9.17) is 4.74 Å². The van der Waals surface area contributed by atoms with Crippen LogP contribution in [0.25, 0.3) is 0 Å². The predicted molar refractivity (Wildman–Crippen MR) is 116 cm³/mol. The van der Waals surface area contributed by atoms with Gasteiger partial charge in [0.25, 0.3) is 5.91 Å². The lowest BCUT2D eigenvalue weighted by molar-refractivity contribution is -0.122. The molecule has 1 aliphatic heterocycles. The lowest BCUT2D eigenvalue weighted by atomic mass is 9.86. The van der Waals surface area contributed by atoms with Crippen LogP contribution in [0.3, 0.4) is 0 Å². The third kappa shape index (κ3) is 4.56. The van der Waals surface area contributed by atoms with Crippen LogP contribution in [0, 0.1) is 13.8 Å². The van der Waals surface area contributed by atoms with Crippen molar-refractivity contribution in [1.29, 1.82) is 0 Å². The molecular weight excluding hydrogens is 388 g/mol. The number of rotatable bonds is 3. The van der Waals surface area contributed by atoms with Crippen molar-refractivity contribution in [3.8, 4) is 5.75 Å². The fourth-order valence-electron chi connectivity index (χ4n) is 3.34. The number of carbonyl (C=O) groups is 1. The molecule has 7 heteroatoms. The molecule has 0 aliphatic carbocycles. The Kier molecular flexibility index (Phi) is 5.38. The zero-order valence-electron chi connectivity index (χ0n) is 17.7. The maximum Gasteiger partial charge on any atom is 0.267 e.